The van der Waals surface area contributed by atoms with Crippen molar-refractivity contribution in [2.24, 2.45) is 0 Å². The van der Waals surface area contributed by atoms with Gasteiger partial charge in [0.15, 0.2) is 17.6 Å². The van der Waals surface area contributed by atoms with Crippen LogP contribution in [0.3, 0.4) is 0 Å². The molecular weight excluding hydrogens is 776 g/mol. The first-order chi connectivity index (χ1) is 26.9. The van der Waals surface area contributed by atoms with E-state index in [9.17, 15) is 65.1 Å². The molecule has 2 fully saturated rings. The maximum atomic E-state index is 11.8. The van der Waals surface area contributed by atoms with Crippen molar-refractivity contribution in [1.82, 2.24) is 0 Å². The number of carboxylic acid groups (broad SMARTS) is 2. The number of carbonyl (C=O) groups excluding carboxylic acids is 2. The quantitative estimate of drug-likeness (QED) is 0.0526. The Morgan fingerprint density at radius 1 is 0.667 bits per heavy atom. The fraction of sp³-hybridized carbons (Fsp3) is 0.471. The minimum Gasteiger partial charge on any atom is -0.507 e. The van der Waals surface area contributed by atoms with E-state index in [1.54, 1.807) is 0 Å². The number of carboxylic acids is 2. The third kappa shape index (κ3) is 9.66. The zero-order valence-corrected chi connectivity index (χ0v) is 29.4. The fourth-order valence-electron chi connectivity index (χ4n) is 5.82. The van der Waals surface area contributed by atoms with Gasteiger partial charge in [-0.15, -0.1) is 0 Å². The van der Waals surface area contributed by atoms with Crippen LogP contribution in [0.1, 0.15) is 30.1 Å². The first-order valence-corrected chi connectivity index (χ1v) is 16.7. The summed E-state index contributed by atoms with van der Waals surface area (Å²) in [5.41, 5.74) is -0.129. The molecule has 2 aromatic rings. The highest BCUT2D eigenvalue weighted by Crippen LogP contribution is 2.47. The van der Waals surface area contributed by atoms with Gasteiger partial charge in [-0.3, -0.25) is 19.2 Å². The summed E-state index contributed by atoms with van der Waals surface area (Å²) < 4.78 is 43.5. The number of fused-ring (bicyclic) bond motifs is 1. The van der Waals surface area contributed by atoms with Crippen LogP contribution in [0.25, 0.3) is 6.08 Å². The molecule has 3 aliphatic rings. The van der Waals surface area contributed by atoms with Gasteiger partial charge in [0.1, 0.15) is 97.9 Å². The van der Waals surface area contributed by atoms with E-state index in [-0.39, 0.29) is 34.1 Å². The maximum absolute atomic E-state index is 11.8. The molecule has 23 heteroatoms. The van der Waals surface area contributed by atoms with Gasteiger partial charge in [-0.05, 0) is 18.2 Å². The average molecular weight is 815 g/mol. The van der Waals surface area contributed by atoms with E-state index in [4.69, 9.17) is 48.1 Å². The number of aliphatic hydroxyl groups excluding tert-OH is 6. The zero-order chi connectivity index (χ0) is 41.9. The summed E-state index contributed by atoms with van der Waals surface area (Å²) in [5.74, 6) is -8.36. The predicted molar refractivity (Wildman–Crippen MR) is 177 cm³/mol. The minimum atomic E-state index is -1.98. The van der Waals surface area contributed by atoms with Crippen LogP contribution in [0.4, 0.5) is 0 Å². The molecule has 11 unspecified atom stereocenters. The number of phenolic OH excluding ortho intramolecular Hbond substituents is 3. The Kier molecular flexibility index (Phi) is 13.2. The van der Waals surface area contributed by atoms with Crippen LogP contribution in [0.2, 0.25) is 0 Å². The van der Waals surface area contributed by atoms with Gasteiger partial charge in [0, 0.05) is 17.7 Å². The van der Waals surface area contributed by atoms with Crippen LogP contribution in [0.5, 0.6) is 34.5 Å². The number of phenols is 3. The van der Waals surface area contributed by atoms with Gasteiger partial charge >= 0.3 is 23.9 Å². The molecule has 2 aromatic carbocycles. The van der Waals surface area contributed by atoms with E-state index >= 15 is 0 Å². The van der Waals surface area contributed by atoms with E-state index in [0.29, 0.717) is 0 Å². The normalized spacial score (nSPS) is 29.5. The number of aliphatic hydroxyl groups is 6. The summed E-state index contributed by atoms with van der Waals surface area (Å²) in [5, 5.41) is 113. The molecule has 23 nitrogen and oxygen atoms in total. The average Bonchev–Trinajstić information content (AvgIpc) is 3.14. The summed E-state index contributed by atoms with van der Waals surface area (Å²) >= 11 is 0. The third-order valence-corrected chi connectivity index (χ3v) is 8.73. The Balaban J connectivity index is 1.44. The largest absolute Gasteiger partial charge is 0.507 e. The molecule has 0 radical (unpaired) electrons. The van der Waals surface area contributed by atoms with Crippen molar-refractivity contribution < 1.29 is 113 Å². The van der Waals surface area contributed by atoms with Crippen LogP contribution < -0.4 is 14.2 Å². The molecule has 0 aromatic heterocycles. The Bertz CT molecular complexity index is 1860. The lowest BCUT2D eigenvalue weighted by atomic mass is 9.98. The third-order valence-electron chi connectivity index (χ3n) is 8.73. The van der Waals surface area contributed by atoms with Gasteiger partial charge < -0.3 is 94.1 Å². The van der Waals surface area contributed by atoms with Crippen molar-refractivity contribution in [1.29, 1.82) is 0 Å². The monoisotopic (exact) mass is 814 g/mol. The highest BCUT2D eigenvalue weighted by Gasteiger charge is 2.48. The molecule has 11 N–H and O–H groups in total. The standard InChI is InChI=1S/C34H38O23/c1-50-17-3-11(2-15(36)25(17)43)32-18(55-34-31(49)29(47)27(45)20(57-34)10-52-24(42)8-22(39)40)6-13-14(35)4-12(5-16(13)54-32)53-33-30(48)28(46)26(44)19(56-33)9-51-23(41)7-21(37)38/h2-6,19-20,26-36,43-49H,7-10H2,1H3,(H,37,38)(H,39,40). The Morgan fingerprint density at radius 3 is 1.70 bits per heavy atom. The van der Waals surface area contributed by atoms with E-state index in [1.807, 2.05) is 0 Å². The number of rotatable bonds is 14. The maximum Gasteiger partial charge on any atom is 0.317 e. The molecular formula is C34H38O23. The van der Waals surface area contributed by atoms with Crippen molar-refractivity contribution in [3.63, 3.8) is 0 Å². The lowest BCUT2D eigenvalue weighted by molar-refractivity contribution is -0.294. The highest BCUT2D eigenvalue weighted by atomic mass is 16.7. The van der Waals surface area contributed by atoms with Crippen LogP contribution in [-0.2, 0) is 42.9 Å². The van der Waals surface area contributed by atoms with Crippen molar-refractivity contribution in [2.45, 2.75) is 80.4 Å². The number of benzene rings is 2. The van der Waals surface area contributed by atoms with Gasteiger partial charge in [-0.2, -0.15) is 0 Å². The topological polar surface area (TPSA) is 365 Å². The SMILES string of the molecule is COc1cc(C2Oc3cc(OC4OC(COC(=O)CC(=O)O)C(O)C(O)C4O)cc(O)c3C=C2OC2OC(COC(=O)CC(=O)O)C(O)C(O)C2O)cc(O)c1O. The van der Waals surface area contributed by atoms with Crippen LogP contribution in [0, 0.1) is 0 Å². The number of hydrogen-bond donors (Lipinski definition) is 11. The number of carbonyl (C=O) groups is 4. The summed E-state index contributed by atoms with van der Waals surface area (Å²) in [6.45, 7) is -1.53. The first-order valence-electron chi connectivity index (χ1n) is 16.7. The second kappa shape index (κ2) is 17.6. The summed E-state index contributed by atoms with van der Waals surface area (Å²) in [7, 11) is 1.18. The smallest absolute Gasteiger partial charge is 0.317 e. The number of aliphatic carboxylic acids is 2. The van der Waals surface area contributed by atoms with Gasteiger partial charge in [0.25, 0.3) is 0 Å². The van der Waals surface area contributed by atoms with E-state index in [1.165, 1.54) is 19.3 Å². The second-order valence-electron chi connectivity index (χ2n) is 12.8. The molecule has 0 saturated carbocycles. The number of ether oxygens (including phenoxy) is 8. The fourth-order valence-corrected chi connectivity index (χ4v) is 5.82. The Labute approximate surface area is 319 Å². The first kappa shape index (κ1) is 42.5. The molecule has 3 heterocycles. The molecule has 11 atom stereocenters. The number of esters is 2. The van der Waals surface area contributed by atoms with Crippen LogP contribution >= 0.6 is 0 Å². The molecule has 0 aliphatic carbocycles. The van der Waals surface area contributed by atoms with Crippen LogP contribution in [-0.4, -0.2) is 162 Å². The summed E-state index contributed by atoms with van der Waals surface area (Å²) in [6.07, 6.45) is -20.6. The van der Waals surface area contributed by atoms with Crippen LogP contribution in [0.15, 0.2) is 30.0 Å². The predicted octanol–water partition coefficient (Wildman–Crippen LogP) is -2.67. The molecule has 2 saturated heterocycles. The number of hydrogen-bond acceptors (Lipinski definition) is 21. The molecule has 57 heavy (non-hydrogen) atoms. The zero-order valence-electron chi connectivity index (χ0n) is 29.4. The summed E-state index contributed by atoms with van der Waals surface area (Å²) in [6, 6.07) is 4.41. The van der Waals surface area contributed by atoms with Gasteiger partial charge in [0.05, 0.1) is 12.7 Å². The molecule has 5 rings (SSSR count). The molecule has 0 amide bonds. The van der Waals surface area contributed by atoms with Crippen molar-refractivity contribution in [3.05, 3.63) is 41.2 Å². The second-order valence-corrected chi connectivity index (χ2v) is 12.8. The Hall–Kier alpha value is -5.66. The lowest BCUT2D eigenvalue weighted by Crippen LogP contribution is -2.60. The highest BCUT2D eigenvalue weighted by molar-refractivity contribution is 5.90. The number of aromatic hydroxyl groups is 3. The van der Waals surface area contributed by atoms with E-state index in [2.05, 4.69) is 0 Å². The van der Waals surface area contributed by atoms with E-state index < -0.39 is 135 Å². The Morgan fingerprint density at radius 2 is 1.19 bits per heavy atom. The molecule has 0 spiro atoms. The summed E-state index contributed by atoms with van der Waals surface area (Å²) in [4.78, 5) is 45.1. The van der Waals surface area contributed by atoms with Crippen molar-refractivity contribution in [2.75, 3.05) is 20.3 Å². The number of methoxy groups -OCH3 is 1. The lowest BCUT2D eigenvalue weighted by Gasteiger charge is -2.41. The minimum absolute atomic E-state index is 0.00155. The van der Waals surface area contributed by atoms with Crippen molar-refractivity contribution in [3.8, 4) is 34.5 Å². The van der Waals surface area contributed by atoms with E-state index in [0.717, 1.165) is 18.2 Å². The molecule has 312 valence electrons. The molecule has 3 aliphatic heterocycles. The molecule has 0 bridgehead atoms. The van der Waals surface area contributed by atoms with Crippen molar-refractivity contribution >= 4 is 30.0 Å². The van der Waals surface area contributed by atoms with Gasteiger partial charge in [-0.1, -0.05) is 0 Å². The van der Waals surface area contributed by atoms with Gasteiger partial charge in [-0.25, -0.2) is 0 Å². The van der Waals surface area contributed by atoms with Gasteiger partial charge in [0.2, 0.25) is 18.3 Å².